The lowest BCUT2D eigenvalue weighted by Gasteiger charge is -2.09. The van der Waals surface area contributed by atoms with Crippen LogP contribution in [-0.2, 0) is 0 Å². The second kappa shape index (κ2) is 3.37. The van der Waals surface area contributed by atoms with E-state index in [1.165, 1.54) is 10.9 Å². The normalized spacial score (nSPS) is 11.1. The lowest BCUT2D eigenvalue weighted by atomic mass is 9.99. The highest BCUT2D eigenvalue weighted by molar-refractivity contribution is 5.83. The molecule has 1 aromatic carbocycles. The van der Waals surface area contributed by atoms with Crippen molar-refractivity contribution in [2.24, 2.45) is 0 Å². The molecule has 1 aromatic heterocycles. The molecule has 0 atom stereocenters. The average Bonchev–Trinajstić information content (AvgIpc) is 2.17. The average molecular weight is 186 g/mol. The first-order valence-corrected chi connectivity index (χ1v) is 4.90. The van der Waals surface area contributed by atoms with Crippen LogP contribution < -0.4 is 0 Å². The molecular weight excluding hydrogens is 172 g/mol. The van der Waals surface area contributed by atoms with Crippen molar-refractivity contribution in [1.82, 2.24) is 9.97 Å². The van der Waals surface area contributed by atoms with Gasteiger partial charge in [0.05, 0.1) is 5.52 Å². The van der Waals surface area contributed by atoms with Gasteiger partial charge < -0.3 is 0 Å². The van der Waals surface area contributed by atoms with Crippen molar-refractivity contribution >= 4 is 10.9 Å². The van der Waals surface area contributed by atoms with Gasteiger partial charge in [-0.25, -0.2) is 9.97 Å². The van der Waals surface area contributed by atoms with E-state index in [-0.39, 0.29) is 0 Å². The van der Waals surface area contributed by atoms with E-state index in [1.54, 1.807) is 6.33 Å². The van der Waals surface area contributed by atoms with Gasteiger partial charge in [0.25, 0.3) is 0 Å². The van der Waals surface area contributed by atoms with Crippen molar-refractivity contribution in [3.05, 3.63) is 35.8 Å². The molecule has 0 spiro atoms. The van der Waals surface area contributed by atoms with E-state index in [0.29, 0.717) is 5.92 Å². The van der Waals surface area contributed by atoms with E-state index in [4.69, 9.17) is 0 Å². The number of fused-ring (bicyclic) bond motifs is 1. The molecule has 2 rings (SSSR count). The number of hydrogen-bond acceptors (Lipinski definition) is 2. The Morgan fingerprint density at radius 3 is 2.64 bits per heavy atom. The first-order valence-electron chi connectivity index (χ1n) is 4.90. The fourth-order valence-corrected chi connectivity index (χ4v) is 1.71. The molecule has 0 saturated carbocycles. The lowest BCUT2D eigenvalue weighted by molar-refractivity contribution is 0.871. The van der Waals surface area contributed by atoms with Crippen LogP contribution in [0.1, 0.15) is 31.0 Å². The summed E-state index contributed by atoms with van der Waals surface area (Å²) >= 11 is 0. The van der Waals surface area contributed by atoms with Crippen molar-refractivity contribution in [1.29, 1.82) is 0 Å². The van der Waals surface area contributed by atoms with Crippen LogP contribution in [0.25, 0.3) is 10.9 Å². The van der Waals surface area contributed by atoms with E-state index in [2.05, 4.69) is 42.0 Å². The fourth-order valence-electron chi connectivity index (χ4n) is 1.71. The van der Waals surface area contributed by atoms with Crippen molar-refractivity contribution in [3.8, 4) is 0 Å². The summed E-state index contributed by atoms with van der Waals surface area (Å²) in [5.74, 6) is 0.507. The molecule has 0 fully saturated rings. The highest BCUT2D eigenvalue weighted by atomic mass is 14.8. The summed E-state index contributed by atoms with van der Waals surface area (Å²) in [6.45, 7) is 6.40. The van der Waals surface area contributed by atoms with Gasteiger partial charge in [-0.05, 0) is 18.4 Å². The smallest absolute Gasteiger partial charge is 0.116 e. The Morgan fingerprint density at radius 1 is 1.14 bits per heavy atom. The Hall–Kier alpha value is -1.44. The lowest BCUT2D eigenvalue weighted by Crippen LogP contribution is -1.94. The molecule has 0 aliphatic heterocycles. The summed E-state index contributed by atoms with van der Waals surface area (Å²) in [5, 5.41) is 1.17. The number of para-hydroxylation sites is 1. The zero-order valence-electron chi connectivity index (χ0n) is 8.78. The van der Waals surface area contributed by atoms with Gasteiger partial charge in [0, 0.05) is 11.1 Å². The quantitative estimate of drug-likeness (QED) is 0.684. The summed E-state index contributed by atoms with van der Waals surface area (Å²) in [5.41, 5.74) is 3.44. The molecule has 0 saturated heterocycles. The minimum absolute atomic E-state index is 0.507. The van der Waals surface area contributed by atoms with Crippen LogP contribution in [0.2, 0.25) is 0 Å². The standard InChI is InChI=1S/C12H14N2/c1-8(2)10-5-4-6-11-9(3)13-7-14-12(10)11/h4-8H,1-3H3. The highest BCUT2D eigenvalue weighted by Gasteiger charge is 2.06. The number of aryl methyl sites for hydroxylation is 1. The minimum atomic E-state index is 0.507. The van der Waals surface area contributed by atoms with Crippen LogP contribution in [-0.4, -0.2) is 9.97 Å². The molecule has 0 N–H and O–H groups in total. The maximum atomic E-state index is 4.35. The molecule has 14 heavy (non-hydrogen) atoms. The number of hydrogen-bond donors (Lipinski definition) is 0. The predicted molar refractivity (Wildman–Crippen MR) is 58.4 cm³/mol. The molecular formula is C12H14N2. The second-order valence-electron chi connectivity index (χ2n) is 3.86. The summed E-state index contributed by atoms with van der Waals surface area (Å²) in [6.07, 6.45) is 1.64. The molecule has 72 valence electrons. The van der Waals surface area contributed by atoms with Gasteiger partial charge in [-0.3, -0.25) is 0 Å². The van der Waals surface area contributed by atoms with Crippen LogP contribution in [0.15, 0.2) is 24.5 Å². The van der Waals surface area contributed by atoms with Crippen LogP contribution in [0.3, 0.4) is 0 Å². The van der Waals surface area contributed by atoms with Crippen molar-refractivity contribution in [3.63, 3.8) is 0 Å². The van der Waals surface area contributed by atoms with Gasteiger partial charge in [0.15, 0.2) is 0 Å². The summed E-state index contributed by atoms with van der Waals surface area (Å²) in [6, 6.07) is 6.30. The Bertz CT molecular complexity index is 461. The van der Waals surface area contributed by atoms with Gasteiger partial charge in [0.2, 0.25) is 0 Å². The zero-order chi connectivity index (χ0) is 10.1. The summed E-state index contributed by atoms with van der Waals surface area (Å²) < 4.78 is 0. The predicted octanol–water partition coefficient (Wildman–Crippen LogP) is 3.06. The highest BCUT2D eigenvalue weighted by Crippen LogP contribution is 2.24. The monoisotopic (exact) mass is 186 g/mol. The maximum Gasteiger partial charge on any atom is 0.116 e. The number of nitrogens with zero attached hydrogens (tertiary/aromatic N) is 2. The Morgan fingerprint density at radius 2 is 1.93 bits per heavy atom. The number of benzene rings is 1. The molecule has 0 amide bonds. The van der Waals surface area contributed by atoms with E-state index < -0.39 is 0 Å². The van der Waals surface area contributed by atoms with Crippen LogP contribution >= 0.6 is 0 Å². The number of rotatable bonds is 1. The van der Waals surface area contributed by atoms with Crippen LogP contribution in [0, 0.1) is 6.92 Å². The number of aromatic nitrogens is 2. The third-order valence-corrected chi connectivity index (χ3v) is 2.52. The van der Waals surface area contributed by atoms with Crippen molar-refractivity contribution in [2.75, 3.05) is 0 Å². The molecule has 2 nitrogen and oxygen atoms in total. The summed E-state index contributed by atoms with van der Waals surface area (Å²) in [7, 11) is 0. The third kappa shape index (κ3) is 1.37. The molecule has 0 radical (unpaired) electrons. The SMILES string of the molecule is Cc1ncnc2c(C(C)C)cccc12. The molecule has 1 heterocycles. The molecule has 0 unspecified atom stereocenters. The molecule has 0 bridgehead atoms. The molecule has 0 aliphatic carbocycles. The Kier molecular flexibility index (Phi) is 2.20. The van der Waals surface area contributed by atoms with Gasteiger partial charge in [0.1, 0.15) is 6.33 Å². The maximum absolute atomic E-state index is 4.35. The zero-order valence-corrected chi connectivity index (χ0v) is 8.78. The molecule has 2 aromatic rings. The van der Waals surface area contributed by atoms with Gasteiger partial charge in [-0.2, -0.15) is 0 Å². The largest absolute Gasteiger partial charge is 0.241 e. The van der Waals surface area contributed by atoms with Gasteiger partial charge in [-0.1, -0.05) is 32.0 Å². The molecule has 0 aliphatic rings. The van der Waals surface area contributed by atoms with Crippen molar-refractivity contribution < 1.29 is 0 Å². The summed E-state index contributed by atoms with van der Waals surface area (Å²) in [4.78, 5) is 8.55. The van der Waals surface area contributed by atoms with Gasteiger partial charge in [-0.15, -0.1) is 0 Å². The first-order chi connectivity index (χ1) is 6.70. The van der Waals surface area contributed by atoms with Gasteiger partial charge >= 0.3 is 0 Å². The second-order valence-corrected chi connectivity index (χ2v) is 3.86. The Balaban J connectivity index is 2.81. The van der Waals surface area contributed by atoms with Crippen LogP contribution in [0.5, 0.6) is 0 Å². The fraction of sp³-hybridized carbons (Fsp3) is 0.333. The van der Waals surface area contributed by atoms with Crippen molar-refractivity contribution in [2.45, 2.75) is 26.7 Å². The Labute approximate surface area is 84.0 Å². The van der Waals surface area contributed by atoms with E-state index >= 15 is 0 Å². The third-order valence-electron chi connectivity index (χ3n) is 2.52. The van der Waals surface area contributed by atoms with E-state index in [9.17, 15) is 0 Å². The van der Waals surface area contributed by atoms with Crippen LogP contribution in [0.4, 0.5) is 0 Å². The van der Waals surface area contributed by atoms with E-state index in [0.717, 1.165) is 11.2 Å². The minimum Gasteiger partial charge on any atom is -0.241 e. The first kappa shape index (κ1) is 9.13. The van der Waals surface area contributed by atoms with E-state index in [1.807, 2.05) is 6.92 Å². The molecule has 2 heteroatoms. The topological polar surface area (TPSA) is 25.8 Å².